The normalized spacial score (nSPS) is 10.3. The van der Waals surface area contributed by atoms with Gasteiger partial charge in [0.1, 0.15) is 0 Å². The summed E-state index contributed by atoms with van der Waals surface area (Å²) >= 11 is 0. The van der Waals surface area contributed by atoms with Gasteiger partial charge >= 0.3 is 0 Å². The number of anilines is 1. The third-order valence-corrected chi connectivity index (χ3v) is 2.23. The van der Waals surface area contributed by atoms with Crippen LogP contribution < -0.4 is 4.90 Å². The Labute approximate surface area is 75.0 Å². The summed E-state index contributed by atoms with van der Waals surface area (Å²) in [5.74, 6) is 0. The molecule has 0 amide bonds. The molecule has 0 aliphatic rings. The van der Waals surface area contributed by atoms with Gasteiger partial charge in [0.25, 0.3) is 0 Å². The van der Waals surface area contributed by atoms with Gasteiger partial charge in [-0.1, -0.05) is 25.1 Å². The summed E-state index contributed by atoms with van der Waals surface area (Å²) < 4.78 is 0. The van der Waals surface area contributed by atoms with Gasteiger partial charge < -0.3 is 4.90 Å². The zero-order chi connectivity index (χ0) is 8.97. The van der Waals surface area contributed by atoms with Crippen LogP contribution in [0.3, 0.4) is 0 Å². The van der Waals surface area contributed by atoms with Gasteiger partial charge in [-0.05, 0) is 25.5 Å². The van der Waals surface area contributed by atoms with Gasteiger partial charge in [0.05, 0.1) is 6.04 Å². The van der Waals surface area contributed by atoms with Gasteiger partial charge in [-0.3, -0.25) is 0 Å². The van der Waals surface area contributed by atoms with Crippen molar-refractivity contribution in [2.24, 2.45) is 0 Å². The Bertz CT molecular complexity index is 218. The summed E-state index contributed by atoms with van der Waals surface area (Å²) in [4.78, 5) is 2.22. The highest BCUT2D eigenvalue weighted by atomic mass is 15.1. The van der Waals surface area contributed by atoms with Crippen molar-refractivity contribution in [3.8, 4) is 0 Å². The molecule has 0 saturated heterocycles. The smallest absolute Gasteiger partial charge is 0.0596 e. The van der Waals surface area contributed by atoms with Crippen LogP contribution in [-0.2, 0) is 0 Å². The van der Waals surface area contributed by atoms with Crippen LogP contribution in [0.2, 0.25) is 0 Å². The molecular weight excluding hydrogens is 146 g/mol. The summed E-state index contributed by atoms with van der Waals surface area (Å²) in [5, 5.41) is 0. The first-order chi connectivity index (χ1) is 5.75. The molecule has 1 nitrogen and oxygen atoms in total. The summed E-state index contributed by atoms with van der Waals surface area (Å²) in [5.41, 5.74) is 1.26. The van der Waals surface area contributed by atoms with Crippen LogP contribution in [0.1, 0.15) is 20.3 Å². The van der Waals surface area contributed by atoms with E-state index in [0.29, 0.717) is 0 Å². The zero-order valence-electron chi connectivity index (χ0n) is 8.04. The van der Waals surface area contributed by atoms with Crippen LogP contribution in [0.4, 0.5) is 5.69 Å². The van der Waals surface area contributed by atoms with Crippen molar-refractivity contribution in [1.82, 2.24) is 0 Å². The van der Waals surface area contributed by atoms with E-state index < -0.39 is 0 Å². The monoisotopic (exact) mass is 162 g/mol. The minimum absolute atomic E-state index is 1.10. The summed E-state index contributed by atoms with van der Waals surface area (Å²) in [6.07, 6.45) is 1.10. The van der Waals surface area contributed by atoms with E-state index in [1.165, 1.54) is 11.7 Å². The molecule has 0 aromatic heterocycles. The molecule has 1 heteroatoms. The maximum Gasteiger partial charge on any atom is 0.0596 e. The van der Waals surface area contributed by atoms with Gasteiger partial charge in [0, 0.05) is 12.7 Å². The predicted octanol–water partition coefficient (Wildman–Crippen LogP) is 3.08. The number of hydrogen-bond donors (Lipinski definition) is 0. The average Bonchev–Trinajstić information content (AvgIpc) is 2.17. The van der Waals surface area contributed by atoms with E-state index in [4.69, 9.17) is 0 Å². The topological polar surface area (TPSA) is 3.24 Å². The van der Waals surface area contributed by atoms with Crippen molar-refractivity contribution in [2.75, 3.05) is 11.9 Å². The lowest BCUT2D eigenvalue weighted by Gasteiger charge is -2.24. The second-order valence-electron chi connectivity index (χ2n) is 2.98. The molecule has 0 atom stereocenters. The molecule has 1 aromatic carbocycles. The van der Waals surface area contributed by atoms with Crippen LogP contribution in [-0.4, -0.2) is 7.05 Å². The molecule has 0 aliphatic heterocycles. The summed E-state index contributed by atoms with van der Waals surface area (Å²) in [7, 11) is 2.11. The second kappa shape index (κ2) is 4.15. The first kappa shape index (κ1) is 9.11. The SMILES string of the molecule is CC[C](C)N(C)c1ccccc1. The molecule has 0 aliphatic carbocycles. The van der Waals surface area contributed by atoms with Gasteiger partial charge in [0.2, 0.25) is 0 Å². The molecule has 0 bridgehead atoms. The Morgan fingerprint density at radius 3 is 2.33 bits per heavy atom. The van der Waals surface area contributed by atoms with E-state index in [2.05, 4.69) is 50.1 Å². The minimum Gasteiger partial charge on any atom is -0.367 e. The van der Waals surface area contributed by atoms with Crippen molar-refractivity contribution in [2.45, 2.75) is 20.3 Å². The van der Waals surface area contributed by atoms with E-state index in [0.717, 1.165) is 6.42 Å². The molecule has 12 heavy (non-hydrogen) atoms. The van der Waals surface area contributed by atoms with Crippen LogP contribution in [0, 0.1) is 6.04 Å². The molecule has 0 spiro atoms. The van der Waals surface area contributed by atoms with Gasteiger partial charge in [0.15, 0.2) is 0 Å². The molecule has 65 valence electrons. The van der Waals surface area contributed by atoms with Gasteiger partial charge in [-0.15, -0.1) is 0 Å². The second-order valence-corrected chi connectivity index (χ2v) is 2.98. The highest BCUT2D eigenvalue weighted by Crippen LogP contribution is 2.19. The van der Waals surface area contributed by atoms with Crippen molar-refractivity contribution in [3.63, 3.8) is 0 Å². The van der Waals surface area contributed by atoms with Crippen LogP contribution in [0.15, 0.2) is 30.3 Å². The number of rotatable bonds is 3. The molecule has 1 rings (SSSR count). The van der Waals surface area contributed by atoms with Crippen molar-refractivity contribution in [3.05, 3.63) is 36.4 Å². The standard InChI is InChI=1S/C11H16N/c1-4-10(2)12(3)11-8-6-5-7-9-11/h5-9H,4H2,1-3H3. The molecule has 0 unspecified atom stereocenters. The number of hydrogen-bond acceptors (Lipinski definition) is 1. The fourth-order valence-electron chi connectivity index (χ4n) is 1.11. The van der Waals surface area contributed by atoms with E-state index >= 15 is 0 Å². The van der Waals surface area contributed by atoms with Crippen molar-refractivity contribution in [1.29, 1.82) is 0 Å². The van der Waals surface area contributed by atoms with Crippen molar-refractivity contribution < 1.29 is 0 Å². The average molecular weight is 162 g/mol. The number of nitrogens with zero attached hydrogens (tertiary/aromatic N) is 1. The molecular formula is C11H16N. The largest absolute Gasteiger partial charge is 0.367 e. The zero-order valence-corrected chi connectivity index (χ0v) is 8.04. The van der Waals surface area contributed by atoms with Gasteiger partial charge in [-0.2, -0.15) is 0 Å². The summed E-state index contributed by atoms with van der Waals surface area (Å²) in [6.45, 7) is 4.34. The fraction of sp³-hybridized carbons (Fsp3) is 0.364. The first-order valence-corrected chi connectivity index (χ1v) is 4.37. The Kier molecular flexibility index (Phi) is 3.15. The lowest BCUT2D eigenvalue weighted by atomic mass is 10.2. The maximum absolute atomic E-state index is 2.22. The van der Waals surface area contributed by atoms with E-state index in [1.807, 2.05) is 6.07 Å². The van der Waals surface area contributed by atoms with Crippen LogP contribution >= 0.6 is 0 Å². The Hall–Kier alpha value is -0.980. The Balaban J connectivity index is 2.71. The van der Waals surface area contributed by atoms with E-state index in [1.54, 1.807) is 0 Å². The predicted molar refractivity (Wildman–Crippen MR) is 54.1 cm³/mol. The highest BCUT2D eigenvalue weighted by molar-refractivity contribution is 5.48. The van der Waals surface area contributed by atoms with E-state index in [-0.39, 0.29) is 0 Å². The fourth-order valence-corrected chi connectivity index (χ4v) is 1.11. The minimum atomic E-state index is 1.10. The molecule has 0 fully saturated rings. The van der Waals surface area contributed by atoms with Crippen molar-refractivity contribution >= 4 is 5.69 Å². The molecule has 0 N–H and O–H groups in total. The lowest BCUT2D eigenvalue weighted by Crippen LogP contribution is -2.20. The Morgan fingerprint density at radius 1 is 1.25 bits per heavy atom. The third kappa shape index (κ3) is 2.00. The summed E-state index contributed by atoms with van der Waals surface area (Å²) in [6, 6.07) is 11.8. The van der Waals surface area contributed by atoms with Crippen LogP contribution in [0.5, 0.6) is 0 Å². The molecule has 0 saturated carbocycles. The van der Waals surface area contributed by atoms with Gasteiger partial charge in [-0.25, -0.2) is 0 Å². The van der Waals surface area contributed by atoms with E-state index in [9.17, 15) is 0 Å². The molecule has 1 aromatic rings. The molecule has 1 radical (unpaired) electrons. The number of para-hydroxylation sites is 1. The van der Waals surface area contributed by atoms with Crippen LogP contribution in [0.25, 0.3) is 0 Å². The first-order valence-electron chi connectivity index (χ1n) is 4.37. The number of benzene rings is 1. The third-order valence-electron chi connectivity index (χ3n) is 2.23. The quantitative estimate of drug-likeness (QED) is 0.660. The lowest BCUT2D eigenvalue weighted by molar-refractivity contribution is 0.822. The highest BCUT2D eigenvalue weighted by Gasteiger charge is 2.06. The molecule has 0 heterocycles. The maximum atomic E-state index is 2.22. The Morgan fingerprint density at radius 2 is 1.83 bits per heavy atom.